The van der Waals surface area contributed by atoms with E-state index < -0.39 is 11.9 Å². The summed E-state index contributed by atoms with van der Waals surface area (Å²) in [6.07, 6.45) is 0.470. The third-order valence-corrected chi connectivity index (χ3v) is 6.14. The van der Waals surface area contributed by atoms with Gasteiger partial charge in [-0.25, -0.2) is 4.39 Å². The van der Waals surface area contributed by atoms with Crippen molar-refractivity contribution in [2.45, 2.75) is 51.6 Å². The van der Waals surface area contributed by atoms with Gasteiger partial charge in [-0.3, -0.25) is 9.59 Å². The molecule has 2 aromatic carbocycles. The summed E-state index contributed by atoms with van der Waals surface area (Å²) in [6, 6.07) is 11.3. The van der Waals surface area contributed by atoms with Crippen molar-refractivity contribution in [3.63, 3.8) is 0 Å². The lowest BCUT2D eigenvalue weighted by Gasteiger charge is -2.31. The van der Waals surface area contributed by atoms with Gasteiger partial charge in [-0.2, -0.15) is 0 Å². The number of carbonyl (C=O) groups excluding carboxylic acids is 2. The number of carbonyl (C=O) groups is 2. The Hall–Kier alpha value is -2.25. The summed E-state index contributed by atoms with van der Waals surface area (Å²) in [5, 5.41) is 3.24. The normalized spacial score (nSPS) is 11.8. The summed E-state index contributed by atoms with van der Waals surface area (Å²) in [4.78, 5) is 27.6. The fraction of sp³-hybridized carbons (Fsp3) is 0.417. The average molecular weight is 481 g/mol. The maximum atomic E-state index is 14.0. The monoisotopic (exact) mass is 480 g/mol. The maximum absolute atomic E-state index is 14.0. The largest absolute Gasteiger partial charge is 0.497 e. The van der Waals surface area contributed by atoms with Gasteiger partial charge in [0.1, 0.15) is 17.6 Å². The van der Waals surface area contributed by atoms with Gasteiger partial charge < -0.3 is 15.0 Å². The number of nitrogens with zero attached hydrogens (tertiary/aromatic N) is 1. The first-order valence-electron chi connectivity index (χ1n) is 10.5. The molecule has 32 heavy (non-hydrogen) atoms. The highest BCUT2D eigenvalue weighted by atomic mass is 35.5. The van der Waals surface area contributed by atoms with Gasteiger partial charge in [-0.1, -0.05) is 36.7 Å². The lowest BCUT2D eigenvalue weighted by molar-refractivity contribution is -0.139. The van der Waals surface area contributed by atoms with Crippen LogP contribution in [0.4, 0.5) is 4.39 Å². The highest BCUT2D eigenvalue weighted by molar-refractivity contribution is 7.99. The van der Waals surface area contributed by atoms with Gasteiger partial charge in [-0.05, 0) is 50.1 Å². The van der Waals surface area contributed by atoms with Crippen molar-refractivity contribution in [1.29, 1.82) is 0 Å². The Morgan fingerprint density at radius 3 is 2.56 bits per heavy atom. The van der Waals surface area contributed by atoms with Crippen LogP contribution in [0.1, 0.15) is 38.3 Å². The number of hydrogen-bond acceptors (Lipinski definition) is 4. The number of benzene rings is 2. The Morgan fingerprint density at radius 1 is 1.22 bits per heavy atom. The minimum Gasteiger partial charge on any atom is -0.497 e. The number of amides is 2. The Labute approximate surface area is 198 Å². The van der Waals surface area contributed by atoms with Crippen LogP contribution in [0.2, 0.25) is 5.02 Å². The molecule has 0 aliphatic heterocycles. The molecule has 0 radical (unpaired) electrons. The SMILES string of the molecule is CC[C@@H](C(=O)NC(C)C)N(Cc1cccc(OC)c1)C(=O)CSCc1c(F)cccc1Cl. The molecule has 2 rings (SSSR count). The highest BCUT2D eigenvalue weighted by Gasteiger charge is 2.29. The van der Waals surface area contributed by atoms with Crippen molar-refractivity contribution < 1.29 is 18.7 Å². The van der Waals surface area contributed by atoms with Gasteiger partial charge >= 0.3 is 0 Å². The van der Waals surface area contributed by atoms with Crippen LogP contribution in [0.5, 0.6) is 5.75 Å². The Morgan fingerprint density at radius 2 is 1.94 bits per heavy atom. The van der Waals surface area contributed by atoms with Gasteiger partial charge in [0.15, 0.2) is 0 Å². The number of nitrogens with one attached hydrogen (secondary N) is 1. The van der Waals surface area contributed by atoms with E-state index in [0.717, 1.165) is 5.56 Å². The summed E-state index contributed by atoms with van der Waals surface area (Å²) < 4.78 is 19.3. The molecule has 1 atom stereocenters. The van der Waals surface area contributed by atoms with Gasteiger partial charge in [-0.15, -0.1) is 11.8 Å². The summed E-state index contributed by atoms with van der Waals surface area (Å²) in [5.74, 6) is 0.253. The zero-order chi connectivity index (χ0) is 23.7. The minimum absolute atomic E-state index is 0.0390. The predicted molar refractivity (Wildman–Crippen MR) is 128 cm³/mol. The van der Waals surface area contributed by atoms with E-state index in [-0.39, 0.29) is 35.9 Å². The number of halogens is 2. The second-order valence-electron chi connectivity index (χ2n) is 7.65. The molecule has 0 fully saturated rings. The summed E-state index contributed by atoms with van der Waals surface area (Å²) in [6.45, 7) is 5.91. The quantitative estimate of drug-likeness (QED) is 0.488. The van der Waals surface area contributed by atoms with E-state index in [2.05, 4.69) is 5.32 Å². The van der Waals surface area contributed by atoms with E-state index in [1.54, 1.807) is 24.1 Å². The molecule has 2 aromatic rings. The van der Waals surface area contributed by atoms with Crippen molar-refractivity contribution in [3.8, 4) is 5.75 Å². The van der Waals surface area contributed by atoms with E-state index in [1.807, 2.05) is 45.0 Å². The third kappa shape index (κ3) is 7.41. The zero-order valence-electron chi connectivity index (χ0n) is 18.9. The topological polar surface area (TPSA) is 58.6 Å². The lowest BCUT2D eigenvalue weighted by Crippen LogP contribution is -2.50. The van der Waals surface area contributed by atoms with Crippen molar-refractivity contribution in [3.05, 3.63) is 64.4 Å². The molecule has 0 saturated carbocycles. The van der Waals surface area contributed by atoms with Gasteiger partial charge in [0.05, 0.1) is 12.9 Å². The van der Waals surface area contributed by atoms with Gasteiger partial charge in [0, 0.05) is 28.9 Å². The average Bonchev–Trinajstić information content (AvgIpc) is 2.75. The molecule has 0 spiro atoms. The molecule has 0 aliphatic rings. The van der Waals surface area contributed by atoms with E-state index >= 15 is 0 Å². The van der Waals surface area contributed by atoms with Crippen LogP contribution in [0.15, 0.2) is 42.5 Å². The summed E-state index contributed by atoms with van der Waals surface area (Å²) in [5.41, 5.74) is 1.23. The van der Waals surface area contributed by atoms with Crippen LogP contribution in [-0.2, 0) is 21.9 Å². The molecule has 1 N–H and O–H groups in total. The smallest absolute Gasteiger partial charge is 0.243 e. The number of ether oxygens (including phenoxy) is 1. The van der Waals surface area contributed by atoms with Crippen LogP contribution in [0.25, 0.3) is 0 Å². The second-order valence-corrected chi connectivity index (χ2v) is 9.05. The van der Waals surface area contributed by atoms with Crippen LogP contribution in [0.3, 0.4) is 0 Å². The van der Waals surface area contributed by atoms with E-state index in [4.69, 9.17) is 16.3 Å². The summed E-state index contributed by atoms with van der Waals surface area (Å²) in [7, 11) is 1.58. The van der Waals surface area contributed by atoms with Crippen molar-refractivity contribution >= 4 is 35.2 Å². The van der Waals surface area contributed by atoms with E-state index in [9.17, 15) is 14.0 Å². The molecule has 0 saturated heterocycles. The first kappa shape index (κ1) is 26.0. The molecule has 0 unspecified atom stereocenters. The molecule has 0 heterocycles. The van der Waals surface area contributed by atoms with Gasteiger partial charge in [0.25, 0.3) is 0 Å². The molecular formula is C24H30ClFN2O3S. The van der Waals surface area contributed by atoms with Gasteiger partial charge in [0.2, 0.25) is 11.8 Å². The molecule has 0 aliphatic carbocycles. The molecule has 174 valence electrons. The predicted octanol–water partition coefficient (Wildman–Crippen LogP) is 5.05. The lowest BCUT2D eigenvalue weighted by atomic mass is 10.1. The van der Waals surface area contributed by atoms with Crippen molar-refractivity contribution in [2.75, 3.05) is 12.9 Å². The Balaban J connectivity index is 2.19. The van der Waals surface area contributed by atoms with Crippen LogP contribution in [-0.4, -0.2) is 41.7 Å². The minimum atomic E-state index is -0.617. The van der Waals surface area contributed by atoms with Crippen LogP contribution in [0, 0.1) is 5.82 Å². The molecule has 5 nitrogen and oxygen atoms in total. The molecule has 0 aromatic heterocycles. The highest BCUT2D eigenvalue weighted by Crippen LogP contribution is 2.25. The number of methoxy groups -OCH3 is 1. The fourth-order valence-corrected chi connectivity index (χ4v) is 4.51. The number of thioether (sulfide) groups is 1. The number of rotatable bonds is 11. The second kappa shape index (κ2) is 12.7. The Bertz CT molecular complexity index is 906. The van der Waals surface area contributed by atoms with E-state index in [1.165, 1.54) is 17.8 Å². The molecular weight excluding hydrogens is 451 g/mol. The first-order chi connectivity index (χ1) is 15.3. The van der Waals surface area contributed by atoms with Crippen molar-refractivity contribution in [1.82, 2.24) is 10.2 Å². The Kier molecular flexibility index (Phi) is 10.3. The third-order valence-electron chi connectivity index (χ3n) is 4.84. The van der Waals surface area contributed by atoms with E-state index in [0.29, 0.717) is 22.8 Å². The summed E-state index contributed by atoms with van der Waals surface area (Å²) >= 11 is 7.36. The molecule has 8 heteroatoms. The molecule has 0 bridgehead atoms. The van der Waals surface area contributed by atoms with Crippen molar-refractivity contribution in [2.24, 2.45) is 0 Å². The standard InChI is InChI=1S/C24H30ClFN2O3S/c1-5-22(24(30)27-16(2)3)28(13-17-8-6-9-18(12-17)31-4)23(29)15-32-14-19-20(25)10-7-11-21(19)26/h6-12,16,22H,5,13-15H2,1-4H3,(H,27,30)/t22-/m0/s1. The number of hydrogen-bond donors (Lipinski definition) is 1. The first-order valence-corrected chi connectivity index (χ1v) is 12.0. The molecule has 2 amide bonds. The van der Waals surface area contributed by atoms with Crippen LogP contribution < -0.4 is 10.1 Å². The van der Waals surface area contributed by atoms with Crippen LogP contribution >= 0.6 is 23.4 Å². The zero-order valence-corrected chi connectivity index (χ0v) is 20.4. The maximum Gasteiger partial charge on any atom is 0.243 e. The fourth-order valence-electron chi connectivity index (χ4n) is 3.26.